The molecule has 0 saturated carbocycles. The molecule has 0 heterocycles. The molecule has 92 valence electrons. The van der Waals surface area contributed by atoms with E-state index >= 15 is 0 Å². The molecule has 0 fully saturated rings. The first-order chi connectivity index (χ1) is 8.04. The van der Waals surface area contributed by atoms with Gasteiger partial charge in [-0.1, -0.05) is 26.0 Å². The first-order valence-corrected chi connectivity index (χ1v) is 5.56. The van der Waals surface area contributed by atoms with Crippen molar-refractivity contribution in [1.82, 2.24) is 5.32 Å². The fourth-order valence-corrected chi connectivity index (χ4v) is 1.25. The van der Waals surface area contributed by atoms with Crippen LogP contribution < -0.4 is 5.32 Å². The number of nitrogens with one attached hydrogen (secondary N) is 1. The Balaban J connectivity index is 2.55. The van der Waals surface area contributed by atoms with Crippen molar-refractivity contribution in [1.29, 1.82) is 0 Å². The highest BCUT2D eigenvalue weighted by atomic mass is 16.3. The molecule has 4 heteroatoms. The molecule has 1 atom stereocenters. The van der Waals surface area contributed by atoms with Crippen LogP contribution >= 0.6 is 0 Å². The van der Waals surface area contributed by atoms with Crippen LogP contribution in [0.25, 0.3) is 0 Å². The van der Waals surface area contributed by atoms with Gasteiger partial charge in [0.15, 0.2) is 0 Å². The first-order valence-electron chi connectivity index (χ1n) is 5.56. The Morgan fingerprint density at radius 1 is 1.35 bits per heavy atom. The first kappa shape index (κ1) is 13.4. The van der Waals surface area contributed by atoms with Gasteiger partial charge in [0.1, 0.15) is 6.29 Å². The number of carbonyl (C=O) groups is 2. The number of hydrogen-bond donors (Lipinski definition) is 2. The zero-order valence-electron chi connectivity index (χ0n) is 10.0. The Labute approximate surface area is 101 Å². The van der Waals surface area contributed by atoms with Crippen molar-refractivity contribution in [2.24, 2.45) is 5.92 Å². The lowest BCUT2D eigenvalue weighted by atomic mass is 10.1. The smallest absolute Gasteiger partial charge is 0.251 e. The number of aliphatic hydroxyl groups is 1. The maximum Gasteiger partial charge on any atom is 0.251 e. The molecule has 1 rings (SSSR count). The van der Waals surface area contributed by atoms with Gasteiger partial charge < -0.3 is 10.4 Å². The van der Waals surface area contributed by atoms with E-state index in [2.05, 4.69) is 5.32 Å². The van der Waals surface area contributed by atoms with E-state index in [0.717, 1.165) is 6.29 Å². The van der Waals surface area contributed by atoms with Crippen molar-refractivity contribution < 1.29 is 14.7 Å². The van der Waals surface area contributed by atoms with Gasteiger partial charge in [0.2, 0.25) is 0 Å². The van der Waals surface area contributed by atoms with Crippen molar-refractivity contribution in [3.8, 4) is 0 Å². The van der Waals surface area contributed by atoms with Crippen molar-refractivity contribution in [3.05, 3.63) is 35.4 Å². The fraction of sp³-hybridized carbons (Fsp3) is 0.385. The average molecular weight is 235 g/mol. The van der Waals surface area contributed by atoms with Crippen LogP contribution in [0, 0.1) is 5.92 Å². The van der Waals surface area contributed by atoms with Gasteiger partial charge in [-0.15, -0.1) is 0 Å². The molecule has 1 aromatic rings. The number of benzene rings is 1. The van der Waals surface area contributed by atoms with Crippen LogP contribution in [-0.4, -0.2) is 29.9 Å². The standard InChI is InChI=1S/C13H17NO3/c1-9(2)12(16)7-14-13(17)11-5-3-10(8-15)4-6-11/h3-6,8-9,12,16H,7H2,1-2H3,(H,14,17). The van der Waals surface area contributed by atoms with E-state index in [-0.39, 0.29) is 18.4 Å². The van der Waals surface area contributed by atoms with Gasteiger partial charge in [0, 0.05) is 17.7 Å². The highest BCUT2D eigenvalue weighted by Crippen LogP contribution is 2.03. The van der Waals surface area contributed by atoms with Gasteiger partial charge >= 0.3 is 0 Å². The van der Waals surface area contributed by atoms with Crippen LogP contribution in [0.15, 0.2) is 24.3 Å². The van der Waals surface area contributed by atoms with Gasteiger partial charge in [-0.2, -0.15) is 0 Å². The Morgan fingerprint density at radius 3 is 2.41 bits per heavy atom. The molecule has 0 radical (unpaired) electrons. The van der Waals surface area contributed by atoms with Crippen molar-refractivity contribution in [2.45, 2.75) is 20.0 Å². The summed E-state index contributed by atoms with van der Waals surface area (Å²) >= 11 is 0. The molecule has 0 aliphatic carbocycles. The van der Waals surface area contributed by atoms with E-state index in [0.29, 0.717) is 11.1 Å². The zero-order valence-corrected chi connectivity index (χ0v) is 10.0. The van der Waals surface area contributed by atoms with E-state index in [1.807, 2.05) is 13.8 Å². The third-order valence-corrected chi connectivity index (χ3v) is 2.55. The Morgan fingerprint density at radius 2 is 1.94 bits per heavy atom. The molecule has 0 aromatic heterocycles. The molecular weight excluding hydrogens is 218 g/mol. The minimum atomic E-state index is -0.548. The zero-order chi connectivity index (χ0) is 12.8. The third-order valence-electron chi connectivity index (χ3n) is 2.55. The maximum atomic E-state index is 11.7. The summed E-state index contributed by atoms with van der Waals surface area (Å²) in [6.45, 7) is 4.00. The van der Waals surface area contributed by atoms with Gasteiger partial charge in [0.25, 0.3) is 5.91 Å². The van der Waals surface area contributed by atoms with Crippen molar-refractivity contribution in [2.75, 3.05) is 6.54 Å². The van der Waals surface area contributed by atoms with E-state index in [9.17, 15) is 14.7 Å². The van der Waals surface area contributed by atoms with Gasteiger partial charge in [-0.3, -0.25) is 9.59 Å². The number of aliphatic hydroxyl groups excluding tert-OH is 1. The molecule has 1 unspecified atom stereocenters. The molecule has 0 aliphatic rings. The molecule has 1 aromatic carbocycles. The number of aldehydes is 1. The number of amides is 1. The minimum absolute atomic E-state index is 0.104. The molecule has 2 N–H and O–H groups in total. The highest BCUT2D eigenvalue weighted by Gasteiger charge is 2.11. The average Bonchev–Trinajstić information content (AvgIpc) is 2.35. The molecule has 0 saturated heterocycles. The van der Waals surface area contributed by atoms with E-state index < -0.39 is 6.10 Å². The van der Waals surface area contributed by atoms with Crippen molar-refractivity contribution in [3.63, 3.8) is 0 Å². The minimum Gasteiger partial charge on any atom is -0.391 e. The second-order valence-corrected chi connectivity index (χ2v) is 4.26. The number of rotatable bonds is 5. The predicted octanol–water partition coefficient (Wildman–Crippen LogP) is 1.25. The number of carbonyl (C=O) groups excluding carboxylic acids is 2. The molecule has 1 amide bonds. The van der Waals surface area contributed by atoms with E-state index in [4.69, 9.17) is 0 Å². The van der Waals surface area contributed by atoms with Crippen molar-refractivity contribution >= 4 is 12.2 Å². The lowest BCUT2D eigenvalue weighted by molar-refractivity contribution is 0.0871. The Hall–Kier alpha value is -1.68. The summed E-state index contributed by atoms with van der Waals surface area (Å²) in [5.41, 5.74) is 1.01. The molecular formula is C13H17NO3. The summed E-state index contributed by atoms with van der Waals surface area (Å²) in [6, 6.07) is 6.34. The summed E-state index contributed by atoms with van der Waals surface area (Å²) in [6.07, 6.45) is 0.178. The van der Waals surface area contributed by atoms with Crippen LogP contribution in [0.1, 0.15) is 34.6 Å². The largest absolute Gasteiger partial charge is 0.391 e. The summed E-state index contributed by atoms with van der Waals surface area (Å²) < 4.78 is 0. The molecule has 4 nitrogen and oxygen atoms in total. The Kier molecular flexibility index (Phi) is 4.84. The summed E-state index contributed by atoms with van der Waals surface area (Å²) in [7, 11) is 0. The van der Waals surface area contributed by atoms with Crippen LogP contribution in [-0.2, 0) is 0 Å². The topological polar surface area (TPSA) is 66.4 Å². The van der Waals surface area contributed by atoms with E-state index in [1.165, 1.54) is 0 Å². The van der Waals surface area contributed by atoms with E-state index in [1.54, 1.807) is 24.3 Å². The second-order valence-electron chi connectivity index (χ2n) is 4.26. The predicted molar refractivity (Wildman–Crippen MR) is 65.0 cm³/mol. The Bertz CT molecular complexity index is 384. The highest BCUT2D eigenvalue weighted by molar-refractivity contribution is 5.94. The lowest BCUT2D eigenvalue weighted by Gasteiger charge is -2.14. The molecule has 0 aliphatic heterocycles. The van der Waals surface area contributed by atoms with Gasteiger partial charge in [0.05, 0.1) is 6.10 Å². The monoisotopic (exact) mass is 235 g/mol. The van der Waals surface area contributed by atoms with Gasteiger partial charge in [-0.05, 0) is 18.1 Å². The second kappa shape index (κ2) is 6.15. The summed E-state index contributed by atoms with van der Waals surface area (Å²) in [4.78, 5) is 22.1. The normalized spacial score (nSPS) is 12.2. The summed E-state index contributed by atoms with van der Waals surface area (Å²) in [5.74, 6) is -0.144. The maximum absolute atomic E-state index is 11.7. The molecule has 0 bridgehead atoms. The lowest BCUT2D eigenvalue weighted by Crippen LogP contribution is -2.34. The van der Waals surface area contributed by atoms with Crippen LogP contribution in [0.3, 0.4) is 0 Å². The van der Waals surface area contributed by atoms with Crippen LogP contribution in [0.4, 0.5) is 0 Å². The van der Waals surface area contributed by atoms with Crippen LogP contribution in [0.2, 0.25) is 0 Å². The molecule has 17 heavy (non-hydrogen) atoms. The third kappa shape index (κ3) is 4.00. The quantitative estimate of drug-likeness (QED) is 0.755. The fourth-order valence-electron chi connectivity index (χ4n) is 1.25. The summed E-state index contributed by atoms with van der Waals surface area (Å²) in [5, 5.41) is 12.2. The van der Waals surface area contributed by atoms with Crippen LogP contribution in [0.5, 0.6) is 0 Å². The van der Waals surface area contributed by atoms with Gasteiger partial charge in [-0.25, -0.2) is 0 Å². The number of hydrogen-bond acceptors (Lipinski definition) is 3. The molecule has 0 spiro atoms. The SMILES string of the molecule is CC(C)C(O)CNC(=O)c1ccc(C=O)cc1.